The molecule has 148 valence electrons. The van der Waals surface area contributed by atoms with Crippen molar-refractivity contribution >= 4 is 23.5 Å². The van der Waals surface area contributed by atoms with Gasteiger partial charge in [0.05, 0.1) is 11.5 Å². The van der Waals surface area contributed by atoms with Crippen LogP contribution in [0.25, 0.3) is 0 Å². The van der Waals surface area contributed by atoms with Crippen molar-refractivity contribution in [2.24, 2.45) is 5.92 Å². The maximum absolute atomic E-state index is 12.8. The molecule has 0 unspecified atom stereocenters. The van der Waals surface area contributed by atoms with E-state index in [-0.39, 0.29) is 18.7 Å². The molecule has 0 aromatic heterocycles. The van der Waals surface area contributed by atoms with Gasteiger partial charge in [-0.25, -0.2) is 0 Å². The van der Waals surface area contributed by atoms with E-state index in [9.17, 15) is 27.6 Å². The molecule has 0 bridgehead atoms. The Balaban J connectivity index is 1.99. The van der Waals surface area contributed by atoms with Crippen molar-refractivity contribution in [3.05, 3.63) is 29.8 Å². The van der Waals surface area contributed by atoms with Crippen LogP contribution in [0.5, 0.6) is 0 Å². The molecule has 1 aromatic carbocycles. The average Bonchev–Trinajstić information content (AvgIpc) is 2.92. The molecule has 1 saturated heterocycles. The van der Waals surface area contributed by atoms with Gasteiger partial charge in [0.2, 0.25) is 5.91 Å². The summed E-state index contributed by atoms with van der Waals surface area (Å²) in [6.45, 7) is 4.74. The van der Waals surface area contributed by atoms with Crippen LogP contribution in [0.4, 0.5) is 18.9 Å². The highest BCUT2D eigenvalue weighted by Gasteiger charge is 2.38. The lowest BCUT2D eigenvalue weighted by Gasteiger charge is -2.20. The Morgan fingerprint density at radius 1 is 1.26 bits per heavy atom. The van der Waals surface area contributed by atoms with Gasteiger partial charge in [-0.2, -0.15) is 13.2 Å². The lowest BCUT2D eigenvalue weighted by atomic mass is 10.1. The van der Waals surface area contributed by atoms with Gasteiger partial charge < -0.3 is 15.0 Å². The molecule has 2 rings (SSSR count). The van der Waals surface area contributed by atoms with Crippen LogP contribution in [0, 0.1) is 5.92 Å². The number of amides is 2. The van der Waals surface area contributed by atoms with E-state index in [1.807, 2.05) is 0 Å². The van der Waals surface area contributed by atoms with Crippen molar-refractivity contribution < 1.29 is 32.3 Å². The fourth-order valence-electron chi connectivity index (χ4n) is 2.67. The average molecular weight is 386 g/mol. The summed E-state index contributed by atoms with van der Waals surface area (Å²) in [5, 5.41) is 2.63. The molecule has 1 fully saturated rings. The quantitative estimate of drug-likeness (QED) is 0.807. The second-order valence-electron chi connectivity index (χ2n) is 7.36. The van der Waals surface area contributed by atoms with Gasteiger partial charge in [-0.05, 0) is 39.0 Å². The predicted molar refractivity (Wildman–Crippen MR) is 90.8 cm³/mol. The fraction of sp³-hybridized carbons (Fsp3) is 0.500. The third-order valence-corrected chi connectivity index (χ3v) is 3.80. The van der Waals surface area contributed by atoms with E-state index in [0.717, 1.165) is 17.0 Å². The number of ether oxygens (including phenoxy) is 1. The summed E-state index contributed by atoms with van der Waals surface area (Å²) >= 11 is 0. The number of anilines is 1. The minimum Gasteiger partial charge on any atom is -0.455 e. The highest BCUT2D eigenvalue weighted by atomic mass is 19.4. The van der Waals surface area contributed by atoms with Crippen molar-refractivity contribution in [1.82, 2.24) is 5.32 Å². The second kappa shape index (κ2) is 7.58. The number of nitrogens with zero attached hydrogens (tertiary/aromatic N) is 1. The molecule has 2 amide bonds. The molecule has 1 N–H and O–H groups in total. The topological polar surface area (TPSA) is 75.7 Å². The molecular formula is C18H21F3N2O4. The van der Waals surface area contributed by atoms with Gasteiger partial charge in [0.15, 0.2) is 6.61 Å². The maximum atomic E-state index is 12.8. The van der Waals surface area contributed by atoms with Crippen molar-refractivity contribution in [3.8, 4) is 0 Å². The molecule has 1 aromatic rings. The van der Waals surface area contributed by atoms with Crippen LogP contribution in [0.1, 0.15) is 32.8 Å². The van der Waals surface area contributed by atoms with E-state index in [1.54, 1.807) is 20.8 Å². The lowest BCUT2D eigenvalue weighted by Crippen LogP contribution is -2.43. The van der Waals surface area contributed by atoms with Crippen molar-refractivity contribution in [2.45, 2.75) is 38.9 Å². The number of halogens is 3. The van der Waals surface area contributed by atoms with Gasteiger partial charge in [0.25, 0.3) is 5.91 Å². The molecule has 6 nitrogen and oxygen atoms in total. The molecule has 0 radical (unpaired) electrons. The number of benzene rings is 1. The minimum absolute atomic E-state index is 0.0654. The molecule has 1 heterocycles. The van der Waals surface area contributed by atoms with Crippen molar-refractivity contribution in [1.29, 1.82) is 0 Å². The summed E-state index contributed by atoms with van der Waals surface area (Å²) in [6.07, 6.45) is -4.71. The lowest BCUT2D eigenvalue weighted by molar-refractivity contribution is -0.152. The number of carbonyl (C=O) groups is 3. The van der Waals surface area contributed by atoms with E-state index in [0.29, 0.717) is 0 Å². The minimum atomic E-state index is -4.53. The first-order valence-corrected chi connectivity index (χ1v) is 8.32. The molecule has 1 aliphatic heterocycles. The fourth-order valence-corrected chi connectivity index (χ4v) is 2.67. The van der Waals surface area contributed by atoms with E-state index < -0.39 is 47.6 Å². The summed E-state index contributed by atoms with van der Waals surface area (Å²) in [6, 6.07) is 4.34. The monoisotopic (exact) mass is 386 g/mol. The van der Waals surface area contributed by atoms with Crippen molar-refractivity contribution in [3.63, 3.8) is 0 Å². The third-order valence-electron chi connectivity index (χ3n) is 3.80. The second-order valence-corrected chi connectivity index (χ2v) is 7.36. The molecular weight excluding hydrogens is 365 g/mol. The van der Waals surface area contributed by atoms with Crippen LogP contribution in [0.15, 0.2) is 24.3 Å². The Hall–Kier alpha value is -2.58. The zero-order valence-electron chi connectivity index (χ0n) is 15.2. The normalized spacial score (nSPS) is 17.8. The highest BCUT2D eigenvalue weighted by Crippen LogP contribution is 2.33. The summed E-state index contributed by atoms with van der Waals surface area (Å²) < 4.78 is 43.4. The SMILES string of the molecule is CC(C)(C)NC(=O)COC(=O)[C@H]1CC(=O)N(c2cccc(C(F)(F)F)c2)C1. The maximum Gasteiger partial charge on any atom is 0.416 e. The van der Waals surface area contributed by atoms with E-state index >= 15 is 0 Å². The van der Waals surface area contributed by atoms with Crippen LogP contribution in [-0.4, -0.2) is 36.5 Å². The predicted octanol–water partition coefficient (Wildman–Crippen LogP) is 2.52. The standard InChI is InChI=1S/C18H21F3N2O4/c1-17(2,3)22-14(24)10-27-16(26)11-7-15(25)23(9-11)13-6-4-5-12(8-13)18(19,20)21/h4-6,8,11H,7,9-10H2,1-3H3,(H,22,24)/t11-/m0/s1. The van der Waals surface area contributed by atoms with Gasteiger partial charge >= 0.3 is 12.1 Å². The molecule has 0 spiro atoms. The van der Waals surface area contributed by atoms with Crippen LogP contribution in [0.3, 0.4) is 0 Å². The summed E-state index contributed by atoms with van der Waals surface area (Å²) in [5.74, 6) is -2.53. The summed E-state index contributed by atoms with van der Waals surface area (Å²) in [4.78, 5) is 37.0. The summed E-state index contributed by atoms with van der Waals surface area (Å²) in [5.41, 5.74) is -1.29. The van der Waals surface area contributed by atoms with Gasteiger partial charge in [0, 0.05) is 24.2 Å². The largest absolute Gasteiger partial charge is 0.455 e. The van der Waals surface area contributed by atoms with Gasteiger partial charge in [-0.15, -0.1) is 0 Å². The van der Waals surface area contributed by atoms with Gasteiger partial charge in [0.1, 0.15) is 0 Å². The Kier molecular flexibility index (Phi) is 5.82. The van der Waals surface area contributed by atoms with Crippen molar-refractivity contribution in [2.75, 3.05) is 18.1 Å². The first-order chi connectivity index (χ1) is 12.4. The molecule has 0 aliphatic carbocycles. The number of hydrogen-bond acceptors (Lipinski definition) is 4. The smallest absolute Gasteiger partial charge is 0.416 e. The Morgan fingerprint density at radius 2 is 1.93 bits per heavy atom. The van der Waals surface area contributed by atoms with Crippen LogP contribution < -0.4 is 10.2 Å². The number of rotatable bonds is 4. The Labute approximate surface area is 154 Å². The first-order valence-electron chi connectivity index (χ1n) is 8.32. The van der Waals surface area contributed by atoms with Crippen LogP contribution in [-0.2, 0) is 25.3 Å². The number of nitrogens with one attached hydrogen (secondary N) is 1. The first kappa shape index (κ1) is 20.7. The molecule has 1 atom stereocenters. The van der Waals surface area contributed by atoms with Gasteiger partial charge in [-0.3, -0.25) is 14.4 Å². The molecule has 0 saturated carbocycles. The van der Waals surface area contributed by atoms with E-state index in [2.05, 4.69) is 5.32 Å². The van der Waals surface area contributed by atoms with Gasteiger partial charge in [-0.1, -0.05) is 6.07 Å². The van der Waals surface area contributed by atoms with Crippen LogP contribution >= 0.6 is 0 Å². The number of alkyl halides is 3. The zero-order chi connectivity index (χ0) is 20.4. The van der Waals surface area contributed by atoms with E-state index in [1.165, 1.54) is 12.1 Å². The van der Waals surface area contributed by atoms with Crippen LogP contribution in [0.2, 0.25) is 0 Å². The molecule has 27 heavy (non-hydrogen) atoms. The number of esters is 1. The number of carbonyl (C=O) groups excluding carboxylic acids is 3. The van der Waals surface area contributed by atoms with E-state index in [4.69, 9.17) is 4.74 Å². The summed E-state index contributed by atoms with van der Waals surface area (Å²) in [7, 11) is 0. The Bertz CT molecular complexity index is 741. The Morgan fingerprint density at radius 3 is 2.52 bits per heavy atom. The third kappa shape index (κ3) is 5.70. The molecule has 9 heteroatoms. The zero-order valence-corrected chi connectivity index (χ0v) is 15.2. The highest BCUT2D eigenvalue weighted by molar-refractivity contribution is 5.99. The number of hydrogen-bond donors (Lipinski definition) is 1. The molecule has 1 aliphatic rings.